The minimum atomic E-state index is -4.34. The Bertz CT molecular complexity index is 1160. The van der Waals surface area contributed by atoms with Crippen LogP contribution >= 0.6 is 11.3 Å². The minimum Gasteiger partial charge on any atom is -0.345 e. The second-order valence-electron chi connectivity index (χ2n) is 7.73. The molecule has 0 bridgehead atoms. The van der Waals surface area contributed by atoms with Crippen molar-refractivity contribution in [3.8, 4) is 27.8 Å². The molecule has 0 aliphatic carbocycles. The van der Waals surface area contributed by atoms with E-state index in [0.29, 0.717) is 40.4 Å². The van der Waals surface area contributed by atoms with Crippen LogP contribution in [0.3, 0.4) is 0 Å². The third-order valence-corrected chi connectivity index (χ3v) is 6.31. The maximum Gasteiger partial charge on any atom is 0.406 e. The van der Waals surface area contributed by atoms with Gasteiger partial charge in [0.1, 0.15) is 6.54 Å². The standard InChI is InChI=1S/C22H20F3N5OS/c23-22(24,25)13-29-9-7-16(11-29)19-18(15-5-3-14(10-26)4-6-15)28-20(32-19)21(31)30-8-1-2-17(27)12-30/h3-7,9,11,17H,1-2,8,12-13,27H2/t17-/m1/s1. The molecule has 10 heteroatoms. The van der Waals surface area contributed by atoms with E-state index < -0.39 is 12.7 Å². The van der Waals surface area contributed by atoms with Gasteiger partial charge in [-0.1, -0.05) is 12.1 Å². The number of piperidine rings is 1. The van der Waals surface area contributed by atoms with Crippen LogP contribution in [0.25, 0.3) is 21.7 Å². The molecule has 1 aromatic carbocycles. The van der Waals surface area contributed by atoms with Gasteiger partial charge in [0.2, 0.25) is 0 Å². The lowest BCUT2D eigenvalue weighted by molar-refractivity contribution is -0.140. The Kier molecular flexibility index (Phi) is 6.04. The maximum absolute atomic E-state index is 13.1. The first-order valence-electron chi connectivity index (χ1n) is 10.0. The van der Waals surface area contributed by atoms with Gasteiger partial charge in [0.25, 0.3) is 5.91 Å². The zero-order chi connectivity index (χ0) is 22.9. The van der Waals surface area contributed by atoms with Crippen LogP contribution in [-0.2, 0) is 6.54 Å². The number of carbonyl (C=O) groups excluding carboxylic acids is 1. The second kappa shape index (κ2) is 8.76. The number of thiazole rings is 1. The highest BCUT2D eigenvalue weighted by Gasteiger charge is 2.29. The molecular formula is C22H20F3N5OS. The van der Waals surface area contributed by atoms with Crippen molar-refractivity contribution >= 4 is 17.2 Å². The molecule has 1 saturated heterocycles. The molecule has 3 heterocycles. The van der Waals surface area contributed by atoms with E-state index in [-0.39, 0.29) is 17.0 Å². The zero-order valence-corrected chi connectivity index (χ0v) is 17.8. The van der Waals surface area contributed by atoms with Gasteiger partial charge >= 0.3 is 6.18 Å². The van der Waals surface area contributed by atoms with E-state index in [4.69, 9.17) is 11.0 Å². The van der Waals surface area contributed by atoms with Gasteiger partial charge < -0.3 is 15.2 Å². The SMILES string of the molecule is N#Cc1ccc(-c2nc(C(=O)N3CCC[C@@H](N)C3)sc2-c2ccn(CC(F)(F)F)c2)cc1. The molecule has 1 atom stereocenters. The third kappa shape index (κ3) is 4.84. The Morgan fingerprint density at radius 1 is 1.25 bits per heavy atom. The lowest BCUT2D eigenvalue weighted by Gasteiger charge is -2.30. The van der Waals surface area contributed by atoms with Crippen molar-refractivity contribution in [3.63, 3.8) is 0 Å². The molecule has 2 aromatic heterocycles. The first kappa shape index (κ1) is 22.0. The fourth-order valence-electron chi connectivity index (χ4n) is 3.72. The van der Waals surface area contributed by atoms with Crippen LogP contribution in [0, 0.1) is 11.3 Å². The Labute approximate surface area is 186 Å². The molecule has 6 nitrogen and oxygen atoms in total. The number of benzene rings is 1. The van der Waals surface area contributed by atoms with Gasteiger partial charge in [-0.25, -0.2) is 4.98 Å². The molecule has 0 spiro atoms. The summed E-state index contributed by atoms with van der Waals surface area (Å²) < 4.78 is 39.5. The lowest BCUT2D eigenvalue weighted by Crippen LogP contribution is -2.45. The zero-order valence-electron chi connectivity index (χ0n) is 17.0. The number of halogens is 3. The average Bonchev–Trinajstić information content (AvgIpc) is 3.39. The van der Waals surface area contributed by atoms with Crippen molar-refractivity contribution < 1.29 is 18.0 Å². The Morgan fingerprint density at radius 2 is 2.00 bits per heavy atom. The van der Waals surface area contributed by atoms with Crippen LogP contribution in [0.15, 0.2) is 42.7 Å². The van der Waals surface area contributed by atoms with Gasteiger partial charge in [0.05, 0.1) is 22.2 Å². The quantitative estimate of drug-likeness (QED) is 0.631. The van der Waals surface area contributed by atoms with Crippen LogP contribution in [-0.4, -0.2) is 45.7 Å². The Balaban J connectivity index is 1.73. The lowest BCUT2D eigenvalue weighted by atomic mass is 10.1. The van der Waals surface area contributed by atoms with Gasteiger partial charge in [0, 0.05) is 42.7 Å². The Morgan fingerprint density at radius 3 is 2.66 bits per heavy atom. The van der Waals surface area contributed by atoms with E-state index >= 15 is 0 Å². The molecule has 3 aromatic rings. The van der Waals surface area contributed by atoms with Crippen molar-refractivity contribution in [2.75, 3.05) is 13.1 Å². The summed E-state index contributed by atoms with van der Waals surface area (Å²) in [5.74, 6) is -0.235. The molecule has 0 unspecified atom stereocenters. The van der Waals surface area contributed by atoms with Crippen molar-refractivity contribution in [2.24, 2.45) is 5.73 Å². The van der Waals surface area contributed by atoms with E-state index in [1.54, 1.807) is 35.2 Å². The molecule has 166 valence electrons. The van der Waals surface area contributed by atoms with Gasteiger partial charge in [-0.15, -0.1) is 11.3 Å². The molecule has 1 aliphatic rings. The summed E-state index contributed by atoms with van der Waals surface area (Å²) in [6, 6.07) is 10.3. The smallest absolute Gasteiger partial charge is 0.345 e. The molecule has 1 aliphatic heterocycles. The van der Waals surface area contributed by atoms with Crippen molar-refractivity contribution in [2.45, 2.75) is 31.6 Å². The van der Waals surface area contributed by atoms with Gasteiger partial charge in [0.15, 0.2) is 5.01 Å². The summed E-state index contributed by atoms with van der Waals surface area (Å²) in [4.78, 5) is 19.9. The highest BCUT2D eigenvalue weighted by molar-refractivity contribution is 7.17. The van der Waals surface area contributed by atoms with E-state index in [2.05, 4.69) is 4.98 Å². The molecule has 1 amide bonds. The summed E-state index contributed by atoms with van der Waals surface area (Å²) in [6.45, 7) is -0.0625. The van der Waals surface area contributed by atoms with Crippen molar-refractivity contribution in [3.05, 3.63) is 53.3 Å². The number of amides is 1. The number of alkyl halides is 3. The normalized spacial score (nSPS) is 16.7. The number of rotatable bonds is 4. The molecular weight excluding hydrogens is 439 g/mol. The monoisotopic (exact) mass is 459 g/mol. The summed E-state index contributed by atoms with van der Waals surface area (Å²) >= 11 is 1.15. The third-order valence-electron chi connectivity index (χ3n) is 5.22. The molecule has 32 heavy (non-hydrogen) atoms. The van der Waals surface area contributed by atoms with Crippen molar-refractivity contribution in [1.82, 2.24) is 14.5 Å². The molecule has 2 N–H and O–H groups in total. The highest BCUT2D eigenvalue weighted by atomic mass is 32.1. The predicted molar refractivity (Wildman–Crippen MR) is 115 cm³/mol. The highest BCUT2D eigenvalue weighted by Crippen LogP contribution is 2.38. The summed E-state index contributed by atoms with van der Waals surface area (Å²) in [7, 11) is 0. The summed E-state index contributed by atoms with van der Waals surface area (Å²) in [5.41, 5.74) is 8.19. The second-order valence-corrected chi connectivity index (χ2v) is 8.73. The topological polar surface area (TPSA) is 87.9 Å². The van der Waals surface area contributed by atoms with E-state index in [1.807, 2.05) is 6.07 Å². The number of likely N-dealkylation sites (tertiary alicyclic amines) is 1. The fourth-order valence-corrected chi connectivity index (χ4v) is 4.76. The predicted octanol–water partition coefficient (Wildman–Crippen LogP) is 4.28. The average molecular weight is 459 g/mol. The van der Waals surface area contributed by atoms with Crippen LogP contribution in [0.1, 0.15) is 28.2 Å². The number of carbonyl (C=O) groups is 1. The van der Waals surface area contributed by atoms with Gasteiger partial charge in [-0.2, -0.15) is 18.4 Å². The summed E-state index contributed by atoms with van der Waals surface area (Å²) in [5, 5.41) is 9.31. The number of aromatic nitrogens is 2. The molecule has 0 saturated carbocycles. The molecule has 1 fully saturated rings. The number of hydrogen-bond acceptors (Lipinski definition) is 5. The molecule has 0 radical (unpaired) electrons. The van der Waals surface area contributed by atoms with E-state index in [0.717, 1.165) is 28.7 Å². The largest absolute Gasteiger partial charge is 0.406 e. The van der Waals surface area contributed by atoms with Gasteiger partial charge in [-0.3, -0.25) is 4.79 Å². The number of nitrogens with two attached hydrogens (primary N) is 1. The first-order chi connectivity index (χ1) is 15.2. The van der Waals surface area contributed by atoms with Crippen molar-refractivity contribution in [1.29, 1.82) is 5.26 Å². The van der Waals surface area contributed by atoms with Crippen LogP contribution in [0.5, 0.6) is 0 Å². The minimum absolute atomic E-state index is 0.0819. The number of nitriles is 1. The maximum atomic E-state index is 13.1. The number of nitrogens with zero attached hydrogens (tertiary/aromatic N) is 4. The Hall–Kier alpha value is -3.16. The van der Waals surface area contributed by atoms with Crippen LogP contribution in [0.4, 0.5) is 13.2 Å². The fraction of sp³-hybridized carbons (Fsp3) is 0.318. The molecule has 4 rings (SSSR count). The number of hydrogen-bond donors (Lipinski definition) is 1. The van der Waals surface area contributed by atoms with Crippen LogP contribution in [0.2, 0.25) is 0 Å². The first-order valence-corrected chi connectivity index (χ1v) is 10.8. The van der Waals surface area contributed by atoms with Crippen LogP contribution < -0.4 is 5.73 Å². The van der Waals surface area contributed by atoms with E-state index in [1.165, 1.54) is 12.4 Å². The van der Waals surface area contributed by atoms with E-state index in [9.17, 15) is 18.0 Å². The summed E-state index contributed by atoms with van der Waals surface area (Å²) in [6.07, 6.45) is 0.0909. The van der Waals surface area contributed by atoms with Gasteiger partial charge in [-0.05, 0) is 31.0 Å².